The second kappa shape index (κ2) is 12.0. The zero-order valence-electron chi connectivity index (χ0n) is 16.4. The van der Waals surface area contributed by atoms with E-state index in [2.05, 4.69) is 32.7 Å². The van der Waals surface area contributed by atoms with Crippen molar-refractivity contribution in [1.82, 2.24) is 20.2 Å². The zero-order chi connectivity index (χ0) is 19.6. The molecule has 0 radical (unpaired) electrons. The summed E-state index contributed by atoms with van der Waals surface area (Å²) in [5.74, 6) is 0.760. The van der Waals surface area contributed by atoms with Crippen LogP contribution in [0.15, 0.2) is 82.8 Å². The molecule has 0 fully saturated rings. The van der Waals surface area contributed by atoms with Gasteiger partial charge in [-0.15, -0.1) is 24.0 Å². The summed E-state index contributed by atoms with van der Waals surface area (Å²) in [6.07, 6.45) is 4.45. The number of halogens is 1. The van der Waals surface area contributed by atoms with E-state index < -0.39 is 0 Å². The highest BCUT2D eigenvalue weighted by molar-refractivity contribution is 14.0. The quantitative estimate of drug-likeness (QED) is 0.296. The van der Waals surface area contributed by atoms with Gasteiger partial charge < -0.3 is 15.2 Å². The Labute approximate surface area is 188 Å². The van der Waals surface area contributed by atoms with Gasteiger partial charge in [-0.05, 0) is 29.3 Å². The first kappa shape index (κ1) is 22.6. The highest BCUT2D eigenvalue weighted by Gasteiger charge is 2.01. The lowest BCUT2D eigenvalue weighted by Gasteiger charge is -2.12. The topological polar surface area (TPSA) is 71.3 Å². The summed E-state index contributed by atoms with van der Waals surface area (Å²) >= 11 is 0. The molecule has 1 aromatic carbocycles. The van der Waals surface area contributed by atoms with Crippen LogP contribution >= 0.6 is 24.0 Å². The molecule has 0 aliphatic heterocycles. The Morgan fingerprint density at radius 2 is 1.76 bits per heavy atom. The number of rotatable bonds is 7. The predicted octanol–water partition coefficient (Wildman–Crippen LogP) is 2.82. The zero-order valence-corrected chi connectivity index (χ0v) is 18.7. The average molecular weight is 503 g/mol. The van der Waals surface area contributed by atoms with Gasteiger partial charge in [0.2, 0.25) is 0 Å². The van der Waals surface area contributed by atoms with Gasteiger partial charge in [-0.3, -0.25) is 14.8 Å². The number of pyridine rings is 2. The smallest absolute Gasteiger partial charge is 0.250 e. The van der Waals surface area contributed by atoms with Crippen molar-refractivity contribution < 1.29 is 0 Å². The van der Waals surface area contributed by atoms with Crippen LogP contribution in [0.25, 0.3) is 0 Å². The fourth-order valence-corrected chi connectivity index (χ4v) is 2.81. The highest BCUT2D eigenvalue weighted by atomic mass is 127. The van der Waals surface area contributed by atoms with Crippen molar-refractivity contribution in [3.63, 3.8) is 0 Å². The number of hydrogen-bond donors (Lipinski definition) is 2. The van der Waals surface area contributed by atoms with Crippen molar-refractivity contribution in [1.29, 1.82) is 0 Å². The first-order chi connectivity index (χ1) is 13.7. The van der Waals surface area contributed by atoms with Gasteiger partial charge in [0, 0.05) is 50.7 Å². The monoisotopic (exact) mass is 503 g/mol. The van der Waals surface area contributed by atoms with E-state index in [-0.39, 0.29) is 29.5 Å². The molecule has 0 aliphatic rings. The van der Waals surface area contributed by atoms with Crippen LogP contribution in [-0.4, -0.2) is 29.1 Å². The van der Waals surface area contributed by atoms with E-state index >= 15 is 0 Å². The van der Waals surface area contributed by atoms with Gasteiger partial charge in [-0.2, -0.15) is 0 Å². The molecule has 29 heavy (non-hydrogen) atoms. The van der Waals surface area contributed by atoms with Gasteiger partial charge in [-0.25, -0.2) is 0 Å². The average Bonchev–Trinajstić information content (AvgIpc) is 2.74. The molecule has 3 rings (SSSR count). The molecule has 0 aliphatic carbocycles. The maximum atomic E-state index is 11.8. The van der Waals surface area contributed by atoms with E-state index in [0.717, 1.165) is 35.7 Å². The van der Waals surface area contributed by atoms with Gasteiger partial charge in [0.25, 0.3) is 5.56 Å². The molecule has 0 saturated heterocycles. The van der Waals surface area contributed by atoms with Gasteiger partial charge in [-0.1, -0.05) is 36.4 Å². The molecular weight excluding hydrogens is 477 g/mol. The van der Waals surface area contributed by atoms with Crippen molar-refractivity contribution in [2.75, 3.05) is 13.6 Å². The maximum Gasteiger partial charge on any atom is 0.250 e. The second-order valence-electron chi connectivity index (χ2n) is 6.41. The third-order valence-electron chi connectivity index (χ3n) is 4.36. The Balaban J connectivity index is 0.00000300. The van der Waals surface area contributed by atoms with E-state index in [0.29, 0.717) is 13.1 Å². The molecule has 0 saturated carbocycles. The van der Waals surface area contributed by atoms with Crippen LogP contribution in [0.3, 0.4) is 0 Å². The lowest BCUT2D eigenvalue weighted by molar-refractivity contribution is 0.757. The maximum absolute atomic E-state index is 11.8. The number of hydrogen-bond acceptors (Lipinski definition) is 3. The minimum absolute atomic E-state index is 0. The molecule has 2 N–H and O–H groups in total. The summed E-state index contributed by atoms with van der Waals surface area (Å²) in [6, 6.07) is 19.4. The molecule has 0 bridgehead atoms. The number of aliphatic imine (C=N–C) groups is 1. The fraction of sp³-hybridized carbons (Fsp3) is 0.227. The number of nitrogens with zero attached hydrogens (tertiary/aromatic N) is 3. The minimum atomic E-state index is 0. The van der Waals surface area contributed by atoms with E-state index in [9.17, 15) is 4.79 Å². The van der Waals surface area contributed by atoms with E-state index in [1.807, 2.05) is 36.4 Å². The molecule has 7 heteroatoms. The number of benzene rings is 1. The van der Waals surface area contributed by atoms with Crippen LogP contribution in [0.5, 0.6) is 0 Å². The van der Waals surface area contributed by atoms with Crippen LogP contribution < -0.4 is 16.2 Å². The molecular formula is C22H26IN5O. The molecule has 152 valence electrons. The second-order valence-corrected chi connectivity index (χ2v) is 6.41. The molecule has 0 unspecified atom stereocenters. The van der Waals surface area contributed by atoms with Crippen LogP contribution in [0.2, 0.25) is 0 Å². The number of aromatic nitrogens is 2. The summed E-state index contributed by atoms with van der Waals surface area (Å²) in [5.41, 5.74) is 3.30. The Hall–Kier alpha value is -2.68. The van der Waals surface area contributed by atoms with Crippen LogP contribution in [-0.2, 0) is 19.5 Å². The third kappa shape index (κ3) is 7.34. The molecule has 0 amide bonds. The molecule has 6 nitrogen and oxygen atoms in total. The van der Waals surface area contributed by atoms with Crippen molar-refractivity contribution in [2.24, 2.45) is 4.99 Å². The standard InChI is InChI=1S/C22H25N5O.HI/c1-23-22(25-14-12-20-6-2-4-13-24-20)26-16-18-8-10-19(11-9-18)17-27-15-5-3-7-21(27)28;/h2-11,13,15H,12,14,16-17H2,1H3,(H2,23,25,26);1H. The Morgan fingerprint density at radius 1 is 1.00 bits per heavy atom. The summed E-state index contributed by atoms with van der Waals surface area (Å²) in [7, 11) is 1.76. The van der Waals surface area contributed by atoms with Crippen molar-refractivity contribution in [3.8, 4) is 0 Å². The molecule has 0 spiro atoms. The first-order valence-corrected chi connectivity index (χ1v) is 9.32. The van der Waals surface area contributed by atoms with Crippen molar-refractivity contribution in [3.05, 3.63) is 100 Å². The van der Waals surface area contributed by atoms with Crippen LogP contribution in [0.4, 0.5) is 0 Å². The predicted molar refractivity (Wildman–Crippen MR) is 128 cm³/mol. The number of nitrogens with one attached hydrogen (secondary N) is 2. The third-order valence-corrected chi connectivity index (χ3v) is 4.36. The Bertz CT molecular complexity index is 955. The summed E-state index contributed by atoms with van der Waals surface area (Å²) < 4.78 is 1.70. The van der Waals surface area contributed by atoms with Crippen LogP contribution in [0.1, 0.15) is 16.8 Å². The van der Waals surface area contributed by atoms with Crippen molar-refractivity contribution in [2.45, 2.75) is 19.5 Å². The normalized spacial score (nSPS) is 10.9. The SMILES string of the molecule is CN=C(NCCc1ccccn1)NCc1ccc(Cn2ccccc2=O)cc1.I. The minimum Gasteiger partial charge on any atom is -0.356 e. The van der Waals surface area contributed by atoms with E-state index in [1.165, 1.54) is 0 Å². The largest absolute Gasteiger partial charge is 0.356 e. The highest BCUT2D eigenvalue weighted by Crippen LogP contribution is 2.05. The first-order valence-electron chi connectivity index (χ1n) is 9.32. The lowest BCUT2D eigenvalue weighted by atomic mass is 10.1. The Morgan fingerprint density at radius 3 is 2.45 bits per heavy atom. The fourth-order valence-electron chi connectivity index (χ4n) is 2.81. The lowest BCUT2D eigenvalue weighted by Crippen LogP contribution is -2.37. The van der Waals surface area contributed by atoms with Gasteiger partial charge in [0.15, 0.2) is 5.96 Å². The molecule has 2 aromatic heterocycles. The summed E-state index contributed by atoms with van der Waals surface area (Å²) in [4.78, 5) is 20.4. The van der Waals surface area contributed by atoms with Gasteiger partial charge in [0.05, 0.1) is 6.54 Å². The summed E-state index contributed by atoms with van der Waals surface area (Å²) in [6.45, 7) is 2.01. The van der Waals surface area contributed by atoms with Crippen molar-refractivity contribution >= 4 is 29.9 Å². The molecule has 0 atom stereocenters. The van der Waals surface area contributed by atoms with E-state index in [1.54, 1.807) is 36.1 Å². The molecule has 3 aromatic rings. The van der Waals surface area contributed by atoms with E-state index in [4.69, 9.17) is 0 Å². The molecule has 2 heterocycles. The summed E-state index contributed by atoms with van der Waals surface area (Å²) in [5, 5.41) is 6.61. The Kier molecular flexibility index (Phi) is 9.36. The van der Waals surface area contributed by atoms with Crippen LogP contribution in [0, 0.1) is 0 Å². The number of guanidine groups is 1. The van der Waals surface area contributed by atoms with Gasteiger partial charge in [0.1, 0.15) is 0 Å². The van der Waals surface area contributed by atoms with Gasteiger partial charge >= 0.3 is 0 Å².